The Hall–Kier alpha value is -3.17. The van der Waals surface area contributed by atoms with Crippen LogP contribution in [-0.2, 0) is 16.7 Å². The molecule has 170 valence electrons. The summed E-state index contributed by atoms with van der Waals surface area (Å²) in [6.07, 6.45) is 3.26. The summed E-state index contributed by atoms with van der Waals surface area (Å²) < 4.78 is 52.0. The Morgan fingerprint density at radius 3 is 2.78 bits per heavy atom. The molecule has 4 rings (SSSR count). The highest BCUT2D eigenvalue weighted by molar-refractivity contribution is 5.95. The van der Waals surface area contributed by atoms with E-state index in [1.807, 2.05) is 6.92 Å². The molecule has 2 aliphatic rings. The molecule has 1 aromatic carbocycles. The van der Waals surface area contributed by atoms with E-state index in [0.29, 0.717) is 12.0 Å². The number of carbonyl (C=O) groups is 1. The first-order valence-corrected chi connectivity index (χ1v) is 10.3. The second-order valence-electron chi connectivity index (χ2n) is 8.16. The molecule has 32 heavy (non-hydrogen) atoms. The highest BCUT2D eigenvalue weighted by Crippen LogP contribution is 2.50. The molecule has 1 aliphatic carbocycles. The summed E-state index contributed by atoms with van der Waals surface area (Å²) in [7, 11) is 0. The first-order chi connectivity index (χ1) is 15.4. The first kappa shape index (κ1) is 22.0. The van der Waals surface area contributed by atoms with Gasteiger partial charge in [0.2, 0.25) is 12.7 Å². The minimum atomic E-state index is -1.51. The average Bonchev–Trinajstić information content (AvgIpc) is 3.16. The van der Waals surface area contributed by atoms with Gasteiger partial charge in [0.15, 0.2) is 5.78 Å². The number of aliphatic imine (C=N–C) groups is 1. The van der Waals surface area contributed by atoms with Gasteiger partial charge in [0.1, 0.15) is 29.8 Å². The van der Waals surface area contributed by atoms with E-state index >= 15 is 0 Å². The molecule has 0 radical (unpaired) electrons. The molecule has 7 nitrogen and oxygen atoms in total. The molecule has 1 aromatic heterocycles. The number of ketones is 1. The van der Waals surface area contributed by atoms with Crippen molar-refractivity contribution in [1.29, 1.82) is 0 Å². The van der Waals surface area contributed by atoms with Gasteiger partial charge >= 0.3 is 0 Å². The van der Waals surface area contributed by atoms with Crippen molar-refractivity contribution in [1.82, 2.24) is 9.97 Å². The Balaban J connectivity index is 1.65. The van der Waals surface area contributed by atoms with Crippen molar-refractivity contribution in [2.75, 3.05) is 13.5 Å². The number of carbonyl (C=O) groups excluding carboxylic acids is 1. The second-order valence-corrected chi connectivity index (χ2v) is 8.16. The number of fused-ring (bicyclic) bond motifs is 1. The molecule has 1 aliphatic heterocycles. The number of nitrogens with two attached hydrogens (primary N) is 1. The maximum absolute atomic E-state index is 15.0. The highest BCUT2D eigenvalue weighted by atomic mass is 19.1. The predicted octanol–water partition coefficient (Wildman–Crippen LogP) is 3.27. The van der Waals surface area contributed by atoms with Gasteiger partial charge in [0, 0.05) is 17.9 Å². The number of Topliss-reactive ketones (excluding diaryl/α,β-unsaturated/α-hetero) is 1. The molecular weight excluding hydrogens is 425 g/mol. The lowest BCUT2D eigenvalue weighted by Gasteiger charge is -2.41. The second kappa shape index (κ2) is 8.76. The van der Waals surface area contributed by atoms with E-state index in [4.69, 9.17) is 10.5 Å². The van der Waals surface area contributed by atoms with E-state index in [9.17, 15) is 18.0 Å². The Labute approximate surface area is 182 Å². The SMILES string of the molecule is C[C@@H]1CC[C@H]2[C@@H]1OC(N)=N[C@]2(CF)c1cc(CC(=O)c2cnc(OCF)cn2)ccc1F. The van der Waals surface area contributed by atoms with Crippen LogP contribution in [0, 0.1) is 17.7 Å². The number of ether oxygens (including phenoxy) is 2. The van der Waals surface area contributed by atoms with E-state index in [2.05, 4.69) is 19.7 Å². The van der Waals surface area contributed by atoms with Gasteiger partial charge in [0.25, 0.3) is 6.02 Å². The van der Waals surface area contributed by atoms with Gasteiger partial charge in [-0.2, -0.15) is 0 Å². The monoisotopic (exact) mass is 448 g/mol. The van der Waals surface area contributed by atoms with E-state index in [0.717, 1.165) is 12.6 Å². The predicted molar refractivity (Wildman–Crippen MR) is 109 cm³/mol. The lowest BCUT2D eigenvalue weighted by atomic mass is 9.75. The first-order valence-electron chi connectivity index (χ1n) is 10.3. The van der Waals surface area contributed by atoms with Crippen LogP contribution in [0.25, 0.3) is 0 Å². The van der Waals surface area contributed by atoms with Gasteiger partial charge in [0.05, 0.1) is 12.4 Å². The van der Waals surface area contributed by atoms with Crippen LogP contribution in [0.2, 0.25) is 0 Å². The van der Waals surface area contributed by atoms with Crippen LogP contribution in [0.5, 0.6) is 5.88 Å². The molecule has 1 fully saturated rings. The van der Waals surface area contributed by atoms with E-state index in [1.54, 1.807) is 0 Å². The molecule has 10 heteroatoms. The van der Waals surface area contributed by atoms with Crippen molar-refractivity contribution in [2.24, 2.45) is 22.6 Å². The van der Waals surface area contributed by atoms with Crippen molar-refractivity contribution in [3.63, 3.8) is 0 Å². The third-order valence-corrected chi connectivity index (χ3v) is 6.25. The molecule has 2 N–H and O–H groups in total. The van der Waals surface area contributed by atoms with E-state index in [-0.39, 0.29) is 47.5 Å². The number of hydrogen-bond donors (Lipinski definition) is 1. The van der Waals surface area contributed by atoms with E-state index in [1.165, 1.54) is 24.4 Å². The summed E-state index contributed by atoms with van der Waals surface area (Å²) in [5, 5.41) is 0. The van der Waals surface area contributed by atoms with Crippen LogP contribution < -0.4 is 10.5 Å². The number of halogens is 3. The van der Waals surface area contributed by atoms with E-state index < -0.39 is 30.7 Å². The number of alkyl halides is 2. The molecule has 0 spiro atoms. The highest BCUT2D eigenvalue weighted by Gasteiger charge is 2.54. The van der Waals surface area contributed by atoms with Crippen LogP contribution in [0.1, 0.15) is 41.4 Å². The summed E-state index contributed by atoms with van der Waals surface area (Å²) in [6, 6.07) is 3.96. The van der Waals surface area contributed by atoms with Gasteiger partial charge in [-0.1, -0.05) is 13.0 Å². The summed E-state index contributed by atoms with van der Waals surface area (Å²) in [4.78, 5) is 24.6. The van der Waals surface area contributed by atoms with Crippen LogP contribution in [0.15, 0.2) is 35.6 Å². The lowest BCUT2D eigenvalue weighted by molar-refractivity contribution is 0.0297. The number of nitrogens with zero attached hydrogens (tertiary/aromatic N) is 3. The number of rotatable bonds is 7. The zero-order valence-corrected chi connectivity index (χ0v) is 17.4. The largest absolute Gasteiger partial charge is 0.461 e. The molecule has 0 amide bonds. The van der Waals surface area contributed by atoms with Crippen molar-refractivity contribution in [2.45, 2.75) is 37.8 Å². The molecule has 0 unspecified atom stereocenters. The minimum absolute atomic E-state index is 0.0419. The van der Waals surface area contributed by atoms with Gasteiger partial charge in [-0.25, -0.2) is 28.1 Å². The van der Waals surface area contributed by atoms with Crippen LogP contribution in [0.4, 0.5) is 13.2 Å². The molecule has 4 atom stereocenters. The van der Waals surface area contributed by atoms with Crippen molar-refractivity contribution < 1.29 is 27.4 Å². The Bertz CT molecular complexity index is 1030. The minimum Gasteiger partial charge on any atom is -0.461 e. The van der Waals surface area contributed by atoms with Gasteiger partial charge in [-0.05, 0) is 36.5 Å². The van der Waals surface area contributed by atoms with Gasteiger partial charge in [-0.15, -0.1) is 0 Å². The third-order valence-electron chi connectivity index (χ3n) is 6.25. The number of amidine groups is 1. The quantitative estimate of drug-likeness (QED) is 0.653. The van der Waals surface area contributed by atoms with Gasteiger partial charge in [-0.3, -0.25) is 4.79 Å². The molecule has 2 aromatic rings. The van der Waals surface area contributed by atoms with Crippen LogP contribution in [-0.4, -0.2) is 41.4 Å². The van der Waals surface area contributed by atoms with Crippen molar-refractivity contribution >= 4 is 11.8 Å². The van der Waals surface area contributed by atoms with Crippen LogP contribution >= 0.6 is 0 Å². The van der Waals surface area contributed by atoms with Crippen molar-refractivity contribution in [3.8, 4) is 5.88 Å². The Morgan fingerprint density at radius 1 is 1.28 bits per heavy atom. The van der Waals surface area contributed by atoms with Crippen LogP contribution in [0.3, 0.4) is 0 Å². The smallest absolute Gasteiger partial charge is 0.283 e. The Kier molecular flexibility index (Phi) is 6.03. The maximum atomic E-state index is 15.0. The lowest BCUT2D eigenvalue weighted by Crippen LogP contribution is -2.49. The maximum Gasteiger partial charge on any atom is 0.283 e. The third kappa shape index (κ3) is 3.89. The molecule has 0 saturated heterocycles. The fourth-order valence-corrected chi connectivity index (χ4v) is 4.66. The standard InChI is InChI=1S/C22H23F3N4O3/c1-12-2-4-14-20(12)32-21(26)29-22(14,10-23)15-6-13(3-5-16(15)25)7-18(30)17-8-28-19(9-27-17)31-11-24/h3,5-6,8-9,12,14,20H,2,4,7,10-11H2,1H3,(H2,26,29)/t12-,14+,20-,22+/m1/s1. The zero-order chi connectivity index (χ0) is 22.9. The number of benzene rings is 1. The van der Waals surface area contributed by atoms with Crippen molar-refractivity contribution in [3.05, 3.63) is 53.2 Å². The zero-order valence-electron chi connectivity index (χ0n) is 17.4. The average molecular weight is 448 g/mol. The summed E-state index contributed by atoms with van der Waals surface area (Å²) in [6.45, 7) is -0.0152. The summed E-state index contributed by atoms with van der Waals surface area (Å²) in [5.41, 5.74) is 4.91. The topological polar surface area (TPSA) is 99.7 Å². The van der Waals surface area contributed by atoms with Gasteiger partial charge < -0.3 is 15.2 Å². The molecule has 2 heterocycles. The summed E-state index contributed by atoms with van der Waals surface area (Å²) >= 11 is 0. The molecule has 0 bridgehead atoms. The Morgan fingerprint density at radius 2 is 2.09 bits per heavy atom. The summed E-state index contributed by atoms with van der Waals surface area (Å²) in [5.74, 6) is -1.30. The number of hydrogen-bond acceptors (Lipinski definition) is 7. The normalized spacial score (nSPS) is 26.8. The fourth-order valence-electron chi connectivity index (χ4n) is 4.66. The molecular formula is C22H23F3N4O3. The molecule has 1 saturated carbocycles. The fraction of sp³-hybridized carbons (Fsp3) is 0.455. The number of aromatic nitrogens is 2.